The van der Waals surface area contributed by atoms with Crippen LogP contribution in [0.15, 0.2) is 78.9 Å². The molecule has 0 N–H and O–H groups in total. The van der Waals surface area contributed by atoms with Crippen LogP contribution < -0.4 is 30.4 Å². The van der Waals surface area contributed by atoms with Gasteiger partial charge in [0.05, 0.1) is 0 Å². The molecule has 0 saturated carbocycles. The third-order valence-electron chi connectivity index (χ3n) is 9.95. The average Bonchev–Trinajstić information content (AvgIpc) is 3.34. The Bertz CT molecular complexity index is 1760. The van der Waals surface area contributed by atoms with Gasteiger partial charge in [-0.15, -0.1) is 0 Å². The van der Waals surface area contributed by atoms with Crippen molar-refractivity contribution in [2.24, 2.45) is 0 Å². The highest BCUT2D eigenvalue weighted by molar-refractivity contribution is 7.01. The number of nitrogens with zero attached hydrogens (tertiary/aromatic N) is 3. The molecule has 0 radical (unpaired) electrons. The zero-order valence-electron chi connectivity index (χ0n) is 25.3. The van der Waals surface area contributed by atoms with E-state index >= 15 is 0 Å². The molecule has 4 aromatic carbocycles. The Labute approximate surface area is 246 Å². The van der Waals surface area contributed by atoms with Crippen LogP contribution in [0.2, 0.25) is 13.1 Å². The minimum Gasteiger partial charge on any atom is -0.369 e. The van der Waals surface area contributed by atoms with Gasteiger partial charge in [-0.1, -0.05) is 67.7 Å². The van der Waals surface area contributed by atoms with E-state index in [2.05, 4.69) is 127 Å². The predicted molar refractivity (Wildman–Crippen MR) is 176 cm³/mol. The van der Waals surface area contributed by atoms with Gasteiger partial charge in [-0.05, 0) is 81.0 Å². The molecular formula is C37H42N3Si+. The molecule has 3 aliphatic heterocycles. The van der Waals surface area contributed by atoms with Crippen LogP contribution in [0.5, 0.6) is 0 Å². The Hall–Kier alpha value is -3.47. The van der Waals surface area contributed by atoms with Crippen molar-refractivity contribution in [1.82, 2.24) is 9.48 Å². The van der Waals surface area contributed by atoms with E-state index in [0.29, 0.717) is 0 Å². The van der Waals surface area contributed by atoms with Crippen LogP contribution in [0.4, 0.5) is 5.69 Å². The summed E-state index contributed by atoms with van der Waals surface area (Å²) in [6, 6.07) is 30.3. The summed E-state index contributed by atoms with van der Waals surface area (Å²) in [6.45, 7) is 16.3. The van der Waals surface area contributed by atoms with E-state index in [4.69, 9.17) is 0 Å². The van der Waals surface area contributed by atoms with Gasteiger partial charge in [-0.2, -0.15) is 0 Å². The van der Waals surface area contributed by atoms with Gasteiger partial charge in [0.2, 0.25) is 5.36 Å². The number of hydrogen-bond donors (Lipinski definition) is 0. The lowest BCUT2D eigenvalue weighted by atomic mass is 9.88. The molecule has 3 heterocycles. The van der Waals surface area contributed by atoms with Gasteiger partial charge in [0, 0.05) is 56.5 Å². The molecule has 4 aromatic rings. The first-order valence-electron chi connectivity index (χ1n) is 15.3. The fourth-order valence-electron chi connectivity index (χ4n) is 7.56. The smallest absolute Gasteiger partial charge is 0.203 e. The second-order valence-corrected chi connectivity index (χ2v) is 17.3. The first kappa shape index (κ1) is 26.4. The maximum atomic E-state index is 2.62. The average molecular weight is 557 g/mol. The molecule has 208 valence electrons. The molecule has 4 heteroatoms. The van der Waals surface area contributed by atoms with Crippen LogP contribution in [-0.2, 0) is 13.0 Å². The van der Waals surface area contributed by atoms with Crippen molar-refractivity contribution in [2.45, 2.75) is 39.9 Å². The molecule has 0 atom stereocenters. The van der Waals surface area contributed by atoms with Crippen molar-refractivity contribution in [3.8, 4) is 0 Å². The molecular weight excluding hydrogens is 515 g/mol. The molecule has 0 bridgehead atoms. The Morgan fingerprint density at radius 3 is 2.24 bits per heavy atom. The van der Waals surface area contributed by atoms with Crippen molar-refractivity contribution in [1.29, 1.82) is 0 Å². The number of anilines is 1. The third-order valence-corrected chi connectivity index (χ3v) is 13.5. The number of likely N-dealkylation sites (N-methyl/N-ethyl adjacent to an activating group) is 1. The summed E-state index contributed by atoms with van der Waals surface area (Å²) < 4.78 is 2.46. The van der Waals surface area contributed by atoms with Gasteiger partial charge in [-0.25, -0.2) is 4.58 Å². The Balaban J connectivity index is 1.33. The molecule has 1 saturated heterocycles. The summed E-state index contributed by atoms with van der Waals surface area (Å²) in [5.41, 5.74) is 11.4. The van der Waals surface area contributed by atoms with Crippen LogP contribution in [0.25, 0.3) is 5.57 Å². The monoisotopic (exact) mass is 556 g/mol. The number of benzene rings is 4. The fourth-order valence-corrected chi connectivity index (χ4v) is 10.6. The number of rotatable bonds is 4. The van der Waals surface area contributed by atoms with Gasteiger partial charge >= 0.3 is 0 Å². The molecule has 1 fully saturated rings. The molecule has 0 amide bonds. The van der Waals surface area contributed by atoms with Crippen molar-refractivity contribution >= 4 is 29.7 Å². The van der Waals surface area contributed by atoms with E-state index in [1.807, 2.05) is 0 Å². The highest BCUT2D eigenvalue weighted by Crippen LogP contribution is 2.31. The molecule has 0 aromatic heterocycles. The fraction of sp³-hybridized carbons (Fsp3) is 0.324. The second-order valence-electron chi connectivity index (χ2n) is 12.9. The standard InChI is InChI=1S/C37H42N3Si/c1-26-10-9-11-27(2)36(26)37-31-15-14-30(40-20-18-39(19-21-40)25-28-12-7-6-8-13-28)23-34(31)41(4,5)35-24-33-29(22-32(35)37)16-17-38(33)3/h6-15,22-24H,16-21,25H2,1-5H3/q+1. The van der Waals surface area contributed by atoms with Crippen LogP contribution in [0.1, 0.15) is 33.4 Å². The quantitative estimate of drug-likeness (QED) is 0.280. The Kier molecular flexibility index (Phi) is 6.52. The topological polar surface area (TPSA) is 9.49 Å². The van der Waals surface area contributed by atoms with Crippen molar-refractivity contribution < 1.29 is 0 Å². The number of hydrogen-bond acceptors (Lipinski definition) is 2. The van der Waals surface area contributed by atoms with Crippen molar-refractivity contribution in [3.05, 3.63) is 123 Å². The van der Waals surface area contributed by atoms with E-state index in [-0.39, 0.29) is 0 Å². The van der Waals surface area contributed by atoms with E-state index in [1.54, 1.807) is 10.4 Å². The lowest BCUT2D eigenvalue weighted by Gasteiger charge is -2.38. The van der Waals surface area contributed by atoms with Gasteiger partial charge in [0.15, 0.2) is 0 Å². The van der Waals surface area contributed by atoms with Gasteiger partial charge < -0.3 is 4.90 Å². The third kappa shape index (κ3) is 4.49. The molecule has 0 aliphatic carbocycles. The lowest BCUT2D eigenvalue weighted by Crippen LogP contribution is -2.64. The lowest BCUT2D eigenvalue weighted by molar-refractivity contribution is 0.250. The Morgan fingerprint density at radius 2 is 1.51 bits per heavy atom. The summed E-state index contributed by atoms with van der Waals surface area (Å²) >= 11 is 0. The maximum absolute atomic E-state index is 2.62. The van der Waals surface area contributed by atoms with E-state index in [0.717, 1.165) is 45.7 Å². The van der Waals surface area contributed by atoms with Gasteiger partial charge in [0.25, 0.3) is 0 Å². The van der Waals surface area contributed by atoms with E-state index < -0.39 is 8.07 Å². The zero-order valence-corrected chi connectivity index (χ0v) is 26.3. The molecule has 7 rings (SSSR count). The van der Waals surface area contributed by atoms with Gasteiger partial charge in [-0.3, -0.25) is 4.90 Å². The van der Waals surface area contributed by atoms with Crippen LogP contribution >= 0.6 is 0 Å². The molecule has 0 unspecified atom stereocenters. The Morgan fingerprint density at radius 1 is 0.780 bits per heavy atom. The van der Waals surface area contributed by atoms with Crippen LogP contribution in [-0.4, -0.2) is 52.7 Å². The summed E-state index contributed by atoms with van der Waals surface area (Å²) in [7, 11) is 0.301. The second kappa shape index (κ2) is 10.1. The number of aryl methyl sites for hydroxylation is 2. The predicted octanol–water partition coefficient (Wildman–Crippen LogP) is 3.69. The molecule has 3 aliphatic rings. The molecule has 0 spiro atoms. The first-order valence-corrected chi connectivity index (χ1v) is 18.3. The first-order chi connectivity index (χ1) is 19.8. The SMILES string of the molecule is Cc1cccc(C)c1C1=c2cc3c(cc2[Si](C)(C)c2cc(N4CCN(Cc5ccccc5)CC4)ccc21)=[N+](C)CC3. The molecule has 3 nitrogen and oxygen atoms in total. The van der Waals surface area contributed by atoms with E-state index in [9.17, 15) is 0 Å². The van der Waals surface area contributed by atoms with Crippen molar-refractivity contribution in [3.63, 3.8) is 0 Å². The number of piperazine rings is 1. The summed E-state index contributed by atoms with van der Waals surface area (Å²) in [5, 5.41) is 6.12. The van der Waals surface area contributed by atoms with Crippen molar-refractivity contribution in [2.75, 3.05) is 44.7 Å². The minimum atomic E-state index is -1.96. The van der Waals surface area contributed by atoms with E-state index in [1.165, 1.54) is 55.2 Å². The summed E-state index contributed by atoms with van der Waals surface area (Å²) in [5.74, 6) is 0. The van der Waals surface area contributed by atoms with Crippen LogP contribution in [0.3, 0.4) is 0 Å². The largest absolute Gasteiger partial charge is 0.369 e. The minimum absolute atomic E-state index is 1.04. The number of fused-ring (bicyclic) bond motifs is 3. The van der Waals surface area contributed by atoms with Crippen LogP contribution in [0, 0.1) is 13.8 Å². The molecule has 41 heavy (non-hydrogen) atoms. The zero-order chi connectivity index (χ0) is 28.3. The van der Waals surface area contributed by atoms with Gasteiger partial charge in [0.1, 0.15) is 21.7 Å². The highest BCUT2D eigenvalue weighted by atomic mass is 28.3. The normalized spacial score (nSPS) is 17.8. The summed E-state index contributed by atoms with van der Waals surface area (Å²) in [4.78, 5) is 5.22. The highest BCUT2D eigenvalue weighted by Gasteiger charge is 2.37. The maximum Gasteiger partial charge on any atom is 0.203 e. The summed E-state index contributed by atoms with van der Waals surface area (Å²) in [6.07, 6.45) is 1.14.